The molecular weight excluding hydrogens is 216 g/mol. The van der Waals surface area contributed by atoms with Gasteiger partial charge >= 0.3 is 0 Å². The fraction of sp³-hybridized carbons (Fsp3) is 0.923. The van der Waals surface area contributed by atoms with Crippen LogP contribution in [-0.2, 0) is 9.53 Å². The SMILES string of the molecule is COC1CN(C(=O)C2CCNC2C)CCC1C. The van der Waals surface area contributed by atoms with Crippen molar-refractivity contribution in [2.24, 2.45) is 11.8 Å². The number of piperidine rings is 1. The molecule has 0 spiro atoms. The molecule has 1 N–H and O–H groups in total. The molecule has 2 fully saturated rings. The first-order valence-corrected chi connectivity index (χ1v) is 6.68. The Morgan fingerprint density at radius 2 is 2.12 bits per heavy atom. The third-order valence-electron chi connectivity index (χ3n) is 4.35. The van der Waals surface area contributed by atoms with Gasteiger partial charge in [-0.05, 0) is 32.2 Å². The highest BCUT2D eigenvalue weighted by molar-refractivity contribution is 5.80. The Kier molecular flexibility index (Phi) is 4.05. The van der Waals surface area contributed by atoms with Gasteiger partial charge in [0.15, 0.2) is 0 Å². The Bertz CT molecular complexity index is 283. The molecule has 2 heterocycles. The van der Waals surface area contributed by atoms with Crippen LogP contribution in [0.5, 0.6) is 0 Å². The molecule has 2 aliphatic rings. The maximum absolute atomic E-state index is 12.4. The number of hydrogen-bond acceptors (Lipinski definition) is 3. The summed E-state index contributed by atoms with van der Waals surface area (Å²) in [5, 5.41) is 3.34. The number of nitrogens with one attached hydrogen (secondary N) is 1. The van der Waals surface area contributed by atoms with E-state index < -0.39 is 0 Å². The Hall–Kier alpha value is -0.610. The average Bonchev–Trinajstić information content (AvgIpc) is 2.75. The van der Waals surface area contributed by atoms with Crippen LogP contribution in [0.25, 0.3) is 0 Å². The van der Waals surface area contributed by atoms with Crippen molar-refractivity contribution in [3.05, 3.63) is 0 Å². The van der Waals surface area contributed by atoms with Gasteiger partial charge in [-0.15, -0.1) is 0 Å². The molecule has 98 valence electrons. The van der Waals surface area contributed by atoms with Crippen LogP contribution in [-0.4, -0.2) is 49.7 Å². The number of methoxy groups -OCH3 is 1. The fourth-order valence-electron chi connectivity index (χ4n) is 2.97. The number of amides is 1. The number of carbonyl (C=O) groups excluding carboxylic acids is 1. The van der Waals surface area contributed by atoms with E-state index in [2.05, 4.69) is 19.2 Å². The van der Waals surface area contributed by atoms with Gasteiger partial charge in [0.2, 0.25) is 5.91 Å². The van der Waals surface area contributed by atoms with Crippen molar-refractivity contribution in [1.29, 1.82) is 0 Å². The number of carbonyl (C=O) groups is 1. The smallest absolute Gasteiger partial charge is 0.227 e. The van der Waals surface area contributed by atoms with Gasteiger partial charge in [-0.3, -0.25) is 4.79 Å². The van der Waals surface area contributed by atoms with Gasteiger partial charge in [0.05, 0.1) is 12.0 Å². The molecule has 2 rings (SSSR count). The van der Waals surface area contributed by atoms with Crippen LogP contribution in [0, 0.1) is 11.8 Å². The molecule has 0 aromatic rings. The van der Waals surface area contributed by atoms with Gasteiger partial charge < -0.3 is 15.0 Å². The van der Waals surface area contributed by atoms with E-state index in [0.29, 0.717) is 17.9 Å². The van der Waals surface area contributed by atoms with E-state index in [1.807, 2.05) is 4.90 Å². The van der Waals surface area contributed by atoms with Crippen LogP contribution < -0.4 is 5.32 Å². The second-order valence-corrected chi connectivity index (χ2v) is 5.46. The molecule has 4 nitrogen and oxygen atoms in total. The average molecular weight is 240 g/mol. The lowest BCUT2D eigenvalue weighted by Crippen LogP contribution is -2.49. The molecule has 4 unspecified atom stereocenters. The second kappa shape index (κ2) is 5.36. The van der Waals surface area contributed by atoms with E-state index in [1.54, 1.807) is 7.11 Å². The molecule has 0 bridgehead atoms. The zero-order chi connectivity index (χ0) is 12.4. The second-order valence-electron chi connectivity index (χ2n) is 5.46. The minimum atomic E-state index is 0.168. The lowest BCUT2D eigenvalue weighted by Gasteiger charge is -2.37. The van der Waals surface area contributed by atoms with Gasteiger partial charge in [-0.25, -0.2) is 0 Å². The zero-order valence-electron chi connectivity index (χ0n) is 11.1. The van der Waals surface area contributed by atoms with Crippen molar-refractivity contribution in [3.8, 4) is 0 Å². The molecule has 0 saturated carbocycles. The summed E-state index contributed by atoms with van der Waals surface area (Å²) < 4.78 is 5.46. The van der Waals surface area contributed by atoms with Crippen molar-refractivity contribution >= 4 is 5.91 Å². The van der Waals surface area contributed by atoms with E-state index in [4.69, 9.17) is 4.74 Å². The standard InChI is InChI=1S/C13H24N2O2/c1-9-5-7-15(8-12(9)17-3)13(16)11-4-6-14-10(11)2/h9-12,14H,4-8H2,1-3H3. The zero-order valence-corrected chi connectivity index (χ0v) is 11.1. The third-order valence-corrected chi connectivity index (χ3v) is 4.35. The molecule has 2 aliphatic heterocycles. The first-order chi connectivity index (χ1) is 8.13. The third kappa shape index (κ3) is 2.63. The van der Waals surface area contributed by atoms with Crippen molar-refractivity contribution in [1.82, 2.24) is 10.2 Å². The van der Waals surface area contributed by atoms with Crippen molar-refractivity contribution in [3.63, 3.8) is 0 Å². The summed E-state index contributed by atoms with van der Waals surface area (Å²) >= 11 is 0. The van der Waals surface area contributed by atoms with E-state index in [9.17, 15) is 4.79 Å². The molecule has 1 amide bonds. The van der Waals surface area contributed by atoms with Gasteiger partial charge in [0, 0.05) is 26.2 Å². The van der Waals surface area contributed by atoms with Crippen LogP contribution in [0.2, 0.25) is 0 Å². The van der Waals surface area contributed by atoms with Gasteiger partial charge in [-0.1, -0.05) is 6.92 Å². The van der Waals surface area contributed by atoms with Crippen molar-refractivity contribution in [2.45, 2.75) is 38.8 Å². The number of ether oxygens (including phenoxy) is 1. The Balaban J connectivity index is 1.95. The highest BCUT2D eigenvalue weighted by Gasteiger charge is 2.36. The Morgan fingerprint density at radius 3 is 2.71 bits per heavy atom. The molecule has 4 atom stereocenters. The summed E-state index contributed by atoms with van der Waals surface area (Å²) in [7, 11) is 1.74. The summed E-state index contributed by atoms with van der Waals surface area (Å²) in [6, 6.07) is 0.322. The molecule has 0 aliphatic carbocycles. The largest absolute Gasteiger partial charge is 0.379 e. The molecule has 17 heavy (non-hydrogen) atoms. The van der Waals surface area contributed by atoms with E-state index in [0.717, 1.165) is 32.5 Å². The maximum Gasteiger partial charge on any atom is 0.227 e. The minimum Gasteiger partial charge on any atom is -0.379 e. The van der Waals surface area contributed by atoms with E-state index in [-0.39, 0.29) is 12.0 Å². The normalized spacial score (nSPS) is 38.4. The molecular formula is C13H24N2O2. The van der Waals surface area contributed by atoms with Gasteiger partial charge in [-0.2, -0.15) is 0 Å². The predicted molar refractivity (Wildman–Crippen MR) is 66.7 cm³/mol. The molecule has 2 saturated heterocycles. The topological polar surface area (TPSA) is 41.6 Å². The summed E-state index contributed by atoms with van der Waals surface area (Å²) in [5.74, 6) is 1.04. The summed E-state index contributed by atoms with van der Waals surface area (Å²) in [5.41, 5.74) is 0. The number of rotatable bonds is 2. The van der Waals surface area contributed by atoms with Crippen LogP contribution in [0.15, 0.2) is 0 Å². The predicted octanol–water partition coefficient (Wildman–Crippen LogP) is 0.868. The Labute approximate surface area is 104 Å². The summed E-state index contributed by atoms with van der Waals surface area (Å²) in [6.07, 6.45) is 2.24. The highest BCUT2D eigenvalue weighted by atomic mass is 16.5. The van der Waals surface area contributed by atoms with Gasteiger partial charge in [0.25, 0.3) is 0 Å². The first-order valence-electron chi connectivity index (χ1n) is 6.68. The molecule has 0 aromatic heterocycles. The number of likely N-dealkylation sites (tertiary alicyclic amines) is 1. The monoisotopic (exact) mass is 240 g/mol. The fourth-order valence-corrected chi connectivity index (χ4v) is 2.97. The van der Waals surface area contributed by atoms with E-state index >= 15 is 0 Å². The van der Waals surface area contributed by atoms with Gasteiger partial charge in [0.1, 0.15) is 0 Å². The maximum atomic E-state index is 12.4. The minimum absolute atomic E-state index is 0.168. The number of nitrogens with zero attached hydrogens (tertiary/aromatic N) is 1. The van der Waals surface area contributed by atoms with Crippen LogP contribution >= 0.6 is 0 Å². The lowest BCUT2D eigenvalue weighted by atomic mass is 9.93. The van der Waals surface area contributed by atoms with Crippen molar-refractivity contribution < 1.29 is 9.53 Å². The summed E-state index contributed by atoms with van der Waals surface area (Å²) in [6.45, 7) is 6.93. The Morgan fingerprint density at radius 1 is 1.35 bits per heavy atom. The highest BCUT2D eigenvalue weighted by Crippen LogP contribution is 2.24. The van der Waals surface area contributed by atoms with E-state index in [1.165, 1.54) is 0 Å². The van der Waals surface area contributed by atoms with Crippen LogP contribution in [0.3, 0.4) is 0 Å². The van der Waals surface area contributed by atoms with Crippen molar-refractivity contribution in [2.75, 3.05) is 26.7 Å². The molecule has 4 heteroatoms. The summed E-state index contributed by atoms with van der Waals surface area (Å²) in [4.78, 5) is 14.4. The quantitative estimate of drug-likeness (QED) is 0.778. The van der Waals surface area contributed by atoms with Crippen LogP contribution in [0.1, 0.15) is 26.7 Å². The molecule has 0 radical (unpaired) electrons. The lowest BCUT2D eigenvalue weighted by molar-refractivity contribution is -0.140. The first kappa shape index (κ1) is 12.8. The molecule has 0 aromatic carbocycles. The number of hydrogen-bond donors (Lipinski definition) is 1. The van der Waals surface area contributed by atoms with Crippen LogP contribution in [0.4, 0.5) is 0 Å².